The first kappa shape index (κ1) is 15.4. The molecule has 0 aliphatic carbocycles. The number of rotatable bonds is 7. The highest BCUT2D eigenvalue weighted by Crippen LogP contribution is 2.09. The fourth-order valence-electron chi connectivity index (χ4n) is 1.79. The lowest BCUT2D eigenvalue weighted by Crippen LogP contribution is -2.51. The first-order chi connectivity index (χ1) is 8.80. The van der Waals surface area contributed by atoms with E-state index in [0.717, 1.165) is 18.9 Å². The molecule has 19 heavy (non-hydrogen) atoms. The molecule has 0 saturated heterocycles. The molecule has 1 aliphatic rings. The van der Waals surface area contributed by atoms with Crippen molar-refractivity contribution >= 4 is 17.8 Å². The molecule has 1 unspecified atom stereocenters. The Morgan fingerprint density at radius 3 is 2.63 bits per heavy atom. The molecule has 0 spiro atoms. The van der Waals surface area contributed by atoms with Gasteiger partial charge in [0.05, 0.1) is 40.1 Å². The standard InChI is InChI=1S/C12H21N3O4/c1-15(2,3)9(12(17)18)8-11(16)19-7-4-10-13-5-6-14-10/h9H,4-8H2,1-3H3,(H-,13,14,17,18)/p+1. The van der Waals surface area contributed by atoms with Crippen molar-refractivity contribution in [1.29, 1.82) is 0 Å². The van der Waals surface area contributed by atoms with Crippen LogP contribution in [0.25, 0.3) is 0 Å². The largest absolute Gasteiger partial charge is 0.477 e. The van der Waals surface area contributed by atoms with E-state index in [4.69, 9.17) is 9.84 Å². The molecule has 1 atom stereocenters. The van der Waals surface area contributed by atoms with Gasteiger partial charge in [0.25, 0.3) is 0 Å². The number of carbonyl (C=O) groups is 2. The Kier molecular flexibility index (Phi) is 5.29. The zero-order chi connectivity index (χ0) is 14.5. The number of carboxylic acids is 1. The van der Waals surface area contributed by atoms with Crippen molar-refractivity contribution in [2.45, 2.75) is 18.9 Å². The molecule has 0 aromatic carbocycles. The summed E-state index contributed by atoms with van der Waals surface area (Å²) in [6.45, 7) is 1.81. The lowest BCUT2D eigenvalue weighted by molar-refractivity contribution is -0.886. The van der Waals surface area contributed by atoms with Crippen LogP contribution >= 0.6 is 0 Å². The molecule has 0 bridgehead atoms. The van der Waals surface area contributed by atoms with E-state index in [-0.39, 0.29) is 17.5 Å². The number of likely N-dealkylation sites (N-methyl/N-ethyl adjacent to an activating group) is 1. The minimum Gasteiger partial charge on any atom is -0.477 e. The Morgan fingerprint density at radius 1 is 1.47 bits per heavy atom. The van der Waals surface area contributed by atoms with Gasteiger partial charge in [-0.1, -0.05) is 0 Å². The van der Waals surface area contributed by atoms with Gasteiger partial charge in [0.2, 0.25) is 0 Å². The summed E-state index contributed by atoms with van der Waals surface area (Å²) < 4.78 is 5.23. The second-order valence-electron chi connectivity index (χ2n) is 5.40. The van der Waals surface area contributed by atoms with E-state index in [2.05, 4.69) is 10.3 Å². The van der Waals surface area contributed by atoms with Gasteiger partial charge >= 0.3 is 11.9 Å². The number of ether oxygens (including phenoxy) is 1. The van der Waals surface area contributed by atoms with Gasteiger partial charge in [-0.05, 0) is 0 Å². The van der Waals surface area contributed by atoms with Crippen LogP contribution in [0.5, 0.6) is 0 Å². The second-order valence-corrected chi connectivity index (χ2v) is 5.40. The van der Waals surface area contributed by atoms with Crippen LogP contribution in [0.2, 0.25) is 0 Å². The van der Waals surface area contributed by atoms with Crippen LogP contribution in [-0.2, 0) is 14.3 Å². The van der Waals surface area contributed by atoms with Crippen LogP contribution in [0.15, 0.2) is 4.99 Å². The Hall–Kier alpha value is -1.63. The van der Waals surface area contributed by atoms with Crippen molar-refractivity contribution in [2.75, 3.05) is 40.8 Å². The lowest BCUT2D eigenvalue weighted by Gasteiger charge is -2.30. The van der Waals surface area contributed by atoms with E-state index >= 15 is 0 Å². The number of carboxylic acid groups (broad SMARTS) is 1. The van der Waals surface area contributed by atoms with Crippen molar-refractivity contribution in [3.05, 3.63) is 0 Å². The zero-order valence-electron chi connectivity index (χ0n) is 11.7. The molecular formula is C12H22N3O4+. The average molecular weight is 272 g/mol. The quantitative estimate of drug-likeness (QED) is 0.480. The van der Waals surface area contributed by atoms with Crippen LogP contribution in [0.4, 0.5) is 0 Å². The third-order valence-electron chi connectivity index (χ3n) is 2.93. The highest BCUT2D eigenvalue weighted by molar-refractivity contribution is 5.84. The van der Waals surface area contributed by atoms with Crippen molar-refractivity contribution in [1.82, 2.24) is 5.32 Å². The average Bonchev–Trinajstić information content (AvgIpc) is 2.77. The molecule has 1 heterocycles. The number of nitrogens with zero attached hydrogens (tertiary/aromatic N) is 2. The molecule has 7 heteroatoms. The molecule has 0 aromatic heterocycles. The van der Waals surface area contributed by atoms with Gasteiger partial charge in [0.15, 0.2) is 6.04 Å². The predicted octanol–water partition coefficient (Wildman–Crippen LogP) is -0.529. The summed E-state index contributed by atoms with van der Waals surface area (Å²) in [6, 6.07) is -0.797. The molecule has 2 N–H and O–H groups in total. The van der Waals surface area contributed by atoms with Crippen LogP contribution in [0.1, 0.15) is 12.8 Å². The summed E-state index contributed by atoms with van der Waals surface area (Å²) in [5, 5.41) is 12.2. The first-order valence-corrected chi connectivity index (χ1v) is 6.27. The molecule has 1 rings (SSSR count). The van der Waals surface area contributed by atoms with E-state index in [1.807, 2.05) is 0 Å². The van der Waals surface area contributed by atoms with Crippen molar-refractivity contribution < 1.29 is 23.9 Å². The fourth-order valence-corrected chi connectivity index (χ4v) is 1.79. The van der Waals surface area contributed by atoms with Gasteiger partial charge in [-0.2, -0.15) is 0 Å². The number of hydrogen-bond donors (Lipinski definition) is 2. The Balaban J connectivity index is 2.34. The summed E-state index contributed by atoms with van der Waals surface area (Å²) in [4.78, 5) is 26.9. The molecule has 0 fully saturated rings. The van der Waals surface area contributed by atoms with Crippen molar-refractivity contribution in [2.24, 2.45) is 4.99 Å². The summed E-state index contributed by atoms with van der Waals surface area (Å²) >= 11 is 0. The number of esters is 1. The van der Waals surface area contributed by atoms with Gasteiger partial charge < -0.3 is 19.6 Å². The fraction of sp³-hybridized carbons (Fsp3) is 0.750. The number of carbonyl (C=O) groups excluding carboxylic acids is 1. The number of aliphatic imine (C=N–C) groups is 1. The molecule has 0 aromatic rings. The number of quaternary nitrogens is 1. The van der Waals surface area contributed by atoms with E-state index in [9.17, 15) is 9.59 Å². The highest BCUT2D eigenvalue weighted by Gasteiger charge is 2.34. The second kappa shape index (κ2) is 6.51. The number of amidine groups is 1. The predicted molar refractivity (Wildman–Crippen MR) is 70.0 cm³/mol. The monoisotopic (exact) mass is 272 g/mol. The summed E-state index contributed by atoms with van der Waals surface area (Å²) in [7, 11) is 5.22. The highest BCUT2D eigenvalue weighted by atomic mass is 16.5. The van der Waals surface area contributed by atoms with Gasteiger partial charge in [0, 0.05) is 13.0 Å². The third kappa shape index (κ3) is 5.25. The van der Waals surface area contributed by atoms with Crippen LogP contribution in [-0.4, -0.2) is 74.2 Å². The van der Waals surface area contributed by atoms with E-state index in [0.29, 0.717) is 6.42 Å². The maximum atomic E-state index is 11.6. The van der Waals surface area contributed by atoms with Gasteiger partial charge in [0.1, 0.15) is 6.42 Å². The summed E-state index contributed by atoms with van der Waals surface area (Å²) in [5.41, 5.74) is 0. The molecule has 0 saturated carbocycles. The Morgan fingerprint density at radius 2 is 2.16 bits per heavy atom. The molecule has 7 nitrogen and oxygen atoms in total. The maximum absolute atomic E-state index is 11.6. The molecular weight excluding hydrogens is 250 g/mol. The summed E-state index contributed by atoms with van der Waals surface area (Å²) in [5.74, 6) is -0.639. The maximum Gasteiger partial charge on any atom is 0.363 e. The normalized spacial score (nSPS) is 16.5. The topological polar surface area (TPSA) is 88.0 Å². The van der Waals surface area contributed by atoms with Crippen molar-refractivity contribution in [3.8, 4) is 0 Å². The lowest BCUT2D eigenvalue weighted by atomic mass is 10.1. The summed E-state index contributed by atoms with van der Waals surface area (Å²) in [6.07, 6.45) is 0.423. The van der Waals surface area contributed by atoms with Gasteiger partial charge in [-0.15, -0.1) is 0 Å². The molecule has 0 amide bonds. The molecule has 108 valence electrons. The Labute approximate surface area is 112 Å². The van der Waals surface area contributed by atoms with Gasteiger partial charge in [-0.25, -0.2) is 4.79 Å². The molecule has 1 aliphatic heterocycles. The van der Waals surface area contributed by atoms with E-state index in [1.165, 1.54) is 0 Å². The first-order valence-electron chi connectivity index (χ1n) is 6.27. The SMILES string of the molecule is C[N+](C)(C)C(CC(=O)OCCC1=NCCN1)C(=O)O. The Bertz CT molecular complexity index is 374. The molecule has 0 radical (unpaired) electrons. The minimum absolute atomic E-state index is 0.126. The van der Waals surface area contributed by atoms with Crippen LogP contribution in [0, 0.1) is 0 Å². The van der Waals surface area contributed by atoms with Crippen LogP contribution in [0.3, 0.4) is 0 Å². The third-order valence-corrected chi connectivity index (χ3v) is 2.93. The number of hydrogen-bond acceptors (Lipinski definition) is 5. The number of nitrogens with one attached hydrogen (secondary N) is 1. The smallest absolute Gasteiger partial charge is 0.363 e. The van der Waals surface area contributed by atoms with E-state index < -0.39 is 18.0 Å². The minimum atomic E-state index is -0.994. The number of aliphatic carboxylic acids is 1. The van der Waals surface area contributed by atoms with Crippen molar-refractivity contribution in [3.63, 3.8) is 0 Å². The van der Waals surface area contributed by atoms with Gasteiger partial charge in [-0.3, -0.25) is 9.79 Å². The van der Waals surface area contributed by atoms with Crippen LogP contribution < -0.4 is 5.32 Å². The van der Waals surface area contributed by atoms with E-state index in [1.54, 1.807) is 21.1 Å². The zero-order valence-corrected chi connectivity index (χ0v) is 11.7.